The molecule has 0 aromatic heterocycles. The Bertz CT molecular complexity index is 783. The lowest BCUT2D eigenvalue weighted by Crippen LogP contribution is -2.26. The second-order valence-electron chi connectivity index (χ2n) is 4.36. The van der Waals surface area contributed by atoms with Crippen LogP contribution >= 0.6 is 11.6 Å². The highest BCUT2D eigenvalue weighted by molar-refractivity contribution is 6.30. The predicted molar refractivity (Wildman–Crippen MR) is 88.7 cm³/mol. The van der Waals surface area contributed by atoms with Crippen molar-refractivity contribution >= 4 is 29.2 Å². The second kappa shape index (κ2) is 6.61. The number of aliphatic imine (C=N–C) groups is 2. The van der Waals surface area contributed by atoms with E-state index in [1.165, 1.54) is 0 Å². The van der Waals surface area contributed by atoms with E-state index in [4.69, 9.17) is 28.8 Å². The van der Waals surface area contributed by atoms with Crippen LogP contribution in [0, 0.1) is 11.3 Å². The number of benzene rings is 2. The van der Waals surface area contributed by atoms with Gasteiger partial charge in [-0.25, -0.2) is 4.99 Å². The van der Waals surface area contributed by atoms with Gasteiger partial charge in [0.25, 0.3) is 0 Å². The molecule has 0 unspecified atom stereocenters. The van der Waals surface area contributed by atoms with Gasteiger partial charge in [-0.3, -0.25) is 0 Å². The summed E-state index contributed by atoms with van der Waals surface area (Å²) in [5.41, 5.74) is 18.6. The summed E-state index contributed by atoms with van der Waals surface area (Å²) in [6.45, 7) is 0. The Kier molecular flexibility index (Phi) is 4.61. The summed E-state index contributed by atoms with van der Waals surface area (Å²) >= 11 is 5.86. The van der Waals surface area contributed by atoms with E-state index < -0.39 is 0 Å². The number of rotatable bonds is 2. The van der Waals surface area contributed by atoms with E-state index in [9.17, 15) is 5.26 Å². The molecule has 0 radical (unpaired) electrons. The van der Waals surface area contributed by atoms with Crippen LogP contribution in [0.4, 0.5) is 5.69 Å². The summed E-state index contributed by atoms with van der Waals surface area (Å²) in [5, 5.41) is 9.91. The van der Waals surface area contributed by atoms with Crippen LogP contribution in [0.3, 0.4) is 0 Å². The van der Waals surface area contributed by atoms with Crippen LogP contribution in [-0.4, -0.2) is 11.9 Å². The monoisotopic (exact) mass is 312 g/mol. The number of hydrogen-bond acceptors (Lipinski definition) is 2. The Hall–Kier alpha value is -3.04. The number of nitrogens with two attached hydrogens (primary N) is 3. The van der Waals surface area contributed by atoms with Gasteiger partial charge in [-0.05, 0) is 35.4 Å². The fourth-order valence-corrected chi connectivity index (χ4v) is 1.95. The molecule has 2 aromatic carbocycles. The predicted octanol–water partition coefficient (Wildman–Crippen LogP) is 2.10. The first-order valence-electron chi connectivity index (χ1n) is 6.23. The molecule has 2 aromatic rings. The van der Waals surface area contributed by atoms with E-state index in [2.05, 4.69) is 16.1 Å². The maximum atomic E-state index is 9.26. The summed E-state index contributed by atoms with van der Waals surface area (Å²) in [5.74, 6) is -0.312. The highest BCUT2D eigenvalue weighted by Crippen LogP contribution is 2.27. The largest absolute Gasteiger partial charge is 0.370 e. The van der Waals surface area contributed by atoms with E-state index in [0.717, 1.165) is 11.1 Å². The van der Waals surface area contributed by atoms with E-state index in [1.807, 2.05) is 18.2 Å². The molecule has 0 spiro atoms. The molecule has 0 heterocycles. The van der Waals surface area contributed by atoms with Crippen molar-refractivity contribution in [3.05, 3.63) is 53.1 Å². The van der Waals surface area contributed by atoms with E-state index >= 15 is 0 Å². The molecule has 0 fully saturated rings. The summed E-state index contributed by atoms with van der Waals surface area (Å²) in [4.78, 5) is 7.64. The molecule has 0 saturated carbocycles. The van der Waals surface area contributed by atoms with Crippen molar-refractivity contribution in [1.29, 1.82) is 5.26 Å². The van der Waals surface area contributed by atoms with Crippen molar-refractivity contribution < 1.29 is 0 Å². The molecular formula is C15H13ClN6. The van der Waals surface area contributed by atoms with Crippen LogP contribution in [0.5, 0.6) is 0 Å². The van der Waals surface area contributed by atoms with Gasteiger partial charge in [0.15, 0.2) is 5.96 Å². The van der Waals surface area contributed by atoms with Gasteiger partial charge >= 0.3 is 0 Å². The summed E-state index contributed by atoms with van der Waals surface area (Å²) in [6.07, 6.45) is 0. The number of hydrogen-bond donors (Lipinski definition) is 3. The molecule has 110 valence electrons. The molecule has 0 atom stereocenters. The summed E-state index contributed by atoms with van der Waals surface area (Å²) in [6, 6.07) is 14.6. The Balaban J connectivity index is 2.43. The molecule has 0 aliphatic rings. The lowest BCUT2D eigenvalue weighted by atomic mass is 10.0. The van der Waals surface area contributed by atoms with Gasteiger partial charge in [-0.1, -0.05) is 29.8 Å². The number of guanidine groups is 2. The molecule has 6 nitrogen and oxygen atoms in total. The quantitative estimate of drug-likeness (QED) is 0.579. The van der Waals surface area contributed by atoms with Gasteiger partial charge < -0.3 is 17.2 Å². The van der Waals surface area contributed by atoms with E-state index in [0.29, 0.717) is 16.3 Å². The molecule has 0 saturated heterocycles. The lowest BCUT2D eigenvalue weighted by Gasteiger charge is -2.05. The molecule has 22 heavy (non-hydrogen) atoms. The minimum atomic E-state index is -0.197. The van der Waals surface area contributed by atoms with E-state index in [1.54, 1.807) is 24.3 Å². The second-order valence-corrected chi connectivity index (χ2v) is 4.79. The fourth-order valence-electron chi connectivity index (χ4n) is 1.83. The maximum Gasteiger partial charge on any atom is 0.223 e. The highest BCUT2D eigenvalue weighted by Gasteiger charge is 2.05. The van der Waals surface area contributed by atoms with Gasteiger partial charge in [0, 0.05) is 5.02 Å². The van der Waals surface area contributed by atoms with Crippen LogP contribution in [0.2, 0.25) is 5.02 Å². The van der Waals surface area contributed by atoms with Crippen LogP contribution in [0.15, 0.2) is 52.4 Å². The zero-order chi connectivity index (χ0) is 16.1. The van der Waals surface area contributed by atoms with Gasteiger partial charge in [-0.15, -0.1) is 0 Å². The molecule has 0 aliphatic carbocycles. The Labute approximate surface area is 132 Å². The molecule has 2 rings (SSSR count). The minimum absolute atomic E-state index is 0.115. The van der Waals surface area contributed by atoms with Crippen LogP contribution in [0.1, 0.15) is 5.56 Å². The molecular weight excluding hydrogens is 300 g/mol. The maximum absolute atomic E-state index is 9.26. The van der Waals surface area contributed by atoms with Gasteiger partial charge in [0.1, 0.15) is 6.07 Å². The average molecular weight is 313 g/mol. The van der Waals surface area contributed by atoms with Crippen LogP contribution in [-0.2, 0) is 0 Å². The van der Waals surface area contributed by atoms with Crippen molar-refractivity contribution in [3.63, 3.8) is 0 Å². The Morgan fingerprint density at radius 3 is 2.23 bits per heavy atom. The fraction of sp³-hybridized carbons (Fsp3) is 0. The third kappa shape index (κ3) is 3.75. The number of halogens is 1. The number of nitrogens with zero attached hydrogens (tertiary/aromatic N) is 3. The first-order chi connectivity index (χ1) is 10.5. The molecule has 7 heteroatoms. The summed E-state index contributed by atoms with van der Waals surface area (Å²) < 4.78 is 0. The van der Waals surface area contributed by atoms with Crippen LogP contribution < -0.4 is 17.2 Å². The lowest BCUT2D eigenvalue weighted by molar-refractivity contribution is 1.36. The SMILES string of the molecule is N#Cc1cc(-c2ccc(Cl)cc2)ccc1N=C(N)N=C(N)N. The van der Waals surface area contributed by atoms with Crippen molar-refractivity contribution in [2.24, 2.45) is 27.2 Å². The smallest absolute Gasteiger partial charge is 0.223 e. The topological polar surface area (TPSA) is 127 Å². The molecule has 0 amide bonds. The molecule has 6 N–H and O–H groups in total. The zero-order valence-corrected chi connectivity index (χ0v) is 12.2. The summed E-state index contributed by atoms with van der Waals surface area (Å²) in [7, 11) is 0. The molecule has 0 bridgehead atoms. The number of nitriles is 1. The van der Waals surface area contributed by atoms with Crippen molar-refractivity contribution in [3.8, 4) is 17.2 Å². The van der Waals surface area contributed by atoms with Crippen molar-refractivity contribution in [1.82, 2.24) is 0 Å². The highest BCUT2D eigenvalue weighted by atomic mass is 35.5. The average Bonchev–Trinajstić information content (AvgIpc) is 2.47. The van der Waals surface area contributed by atoms with E-state index in [-0.39, 0.29) is 11.9 Å². The third-order valence-corrected chi connectivity index (χ3v) is 3.03. The van der Waals surface area contributed by atoms with Crippen molar-refractivity contribution in [2.45, 2.75) is 0 Å². The third-order valence-electron chi connectivity index (χ3n) is 2.77. The zero-order valence-electron chi connectivity index (χ0n) is 11.5. The normalized spacial score (nSPS) is 10.8. The Morgan fingerprint density at radius 1 is 1.00 bits per heavy atom. The van der Waals surface area contributed by atoms with Gasteiger partial charge in [0.2, 0.25) is 5.96 Å². The first-order valence-corrected chi connectivity index (χ1v) is 6.61. The standard InChI is InChI=1S/C15H13ClN6/c16-12-4-1-9(2-5-12)10-3-6-13(11(7-10)8-17)21-15(20)22-14(18)19/h1-7H,(H6,18,19,20,21,22). The molecule has 0 aliphatic heterocycles. The van der Waals surface area contributed by atoms with Gasteiger partial charge in [-0.2, -0.15) is 10.3 Å². The van der Waals surface area contributed by atoms with Crippen molar-refractivity contribution in [2.75, 3.05) is 0 Å². The minimum Gasteiger partial charge on any atom is -0.370 e. The first kappa shape index (κ1) is 15.4. The van der Waals surface area contributed by atoms with Gasteiger partial charge in [0.05, 0.1) is 11.3 Å². The van der Waals surface area contributed by atoms with Crippen LogP contribution in [0.25, 0.3) is 11.1 Å². The Morgan fingerprint density at radius 2 is 1.64 bits per heavy atom.